The van der Waals surface area contributed by atoms with Crippen molar-refractivity contribution in [1.82, 2.24) is 15.5 Å². The molecule has 1 saturated carbocycles. The van der Waals surface area contributed by atoms with Gasteiger partial charge in [-0.15, -0.1) is 0 Å². The Kier molecular flexibility index (Phi) is 10.4. The van der Waals surface area contributed by atoms with Crippen LogP contribution in [0.3, 0.4) is 0 Å². The molecule has 1 fully saturated rings. The number of carbonyl (C=O) groups excluding carboxylic acids is 3. The largest absolute Gasteiger partial charge is 0.374 e. The van der Waals surface area contributed by atoms with Crippen molar-refractivity contribution in [2.24, 2.45) is 5.73 Å². The maximum Gasteiger partial charge on any atom is 0.252 e. The number of hydrogen-bond donors (Lipinski definition) is 3. The van der Waals surface area contributed by atoms with E-state index in [0.29, 0.717) is 18.7 Å². The number of nitrogens with one attached hydrogen (secondary N) is 2. The molecule has 4 N–H and O–H groups in total. The molecule has 0 unspecified atom stereocenters. The zero-order chi connectivity index (χ0) is 32.7. The average Bonchev–Trinajstić information content (AvgIpc) is 3.32. The van der Waals surface area contributed by atoms with Crippen LogP contribution in [0.4, 0.5) is 0 Å². The van der Waals surface area contributed by atoms with E-state index >= 15 is 0 Å². The summed E-state index contributed by atoms with van der Waals surface area (Å²) in [6.45, 7) is 6.08. The first-order valence-corrected chi connectivity index (χ1v) is 16.3. The molecule has 1 spiro atoms. The minimum atomic E-state index is -1.18. The Morgan fingerprint density at radius 2 is 1.50 bits per heavy atom. The molecule has 1 aliphatic carbocycles. The van der Waals surface area contributed by atoms with E-state index in [1.807, 2.05) is 79.7 Å². The lowest BCUT2D eigenvalue weighted by molar-refractivity contribution is -0.139. The van der Waals surface area contributed by atoms with Gasteiger partial charge in [0.1, 0.15) is 6.04 Å². The highest BCUT2D eigenvalue weighted by molar-refractivity contribution is 6.24. The lowest BCUT2D eigenvalue weighted by Crippen LogP contribution is -2.58. The van der Waals surface area contributed by atoms with Gasteiger partial charge in [0.2, 0.25) is 11.8 Å². The quantitative estimate of drug-likeness (QED) is 0.256. The van der Waals surface area contributed by atoms with Gasteiger partial charge in [-0.1, -0.05) is 104 Å². The van der Waals surface area contributed by atoms with Gasteiger partial charge in [0.05, 0.1) is 24.3 Å². The summed E-state index contributed by atoms with van der Waals surface area (Å²) in [5.74, 6) is -0.816. The van der Waals surface area contributed by atoms with E-state index in [2.05, 4.69) is 22.8 Å². The monoisotopic (exact) mass is 622 g/mol. The zero-order valence-corrected chi connectivity index (χ0v) is 27.2. The third-order valence-corrected chi connectivity index (χ3v) is 9.07. The molecule has 46 heavy (non-hydrogen) atoms. The summed E-state index contributed by atoms with van der Waals surface area (Å²) in [4.78, 5) is 42.7. The van der Waals surface area contributed by atoms with Crippen LogP contribution < -0.4 is 16.4 Å². The number of hydrogen-bond acceptors (Lipinski definition) is 5. The predicted octanol–water partition coefficient (Wildman–Crippen LogP) is 5.23. The minimum absolute atomic E-state index is 0.0127. The average molecular weight is 623 g/mol. The summed E-state index contributed by atoms with van der Waals surface area (Å²) in [6.07, 6.45) is 4.77. The van der Waals surface area contributed by atoms with Crippen LogP contribution in [0, 0.1) is 0 Å². The van der Waals surface area contributed by atoms with E-state index in [9.17, 15) is 14.4 Å². The van der Waals surface area contributed by atoms with E-state index < -0.39 is 23.0 Å². The zero-order valence-electron chi connectivity index (χ0n) is 27.2. The Bertz CT molecular complexity index is 1540. The van der Waals surface area contributed by atoms with Crippen LogP contribution in [0.15, 0.2) is 90.5 Å². The van der Waals surface area contributed by atoms with Crippen molar-refractivity contribution in [2.75, 3.05) is 19.7 Å². The molecule has 3 aromatic carbocycles. The van der Waals surface area contributed by atoms with Gasteiger partial charge in [-0.2, -0.15) is 0 Å². The van der Waals surface area contributed by atoms with Gasteiger partial charge in [-0.25, -0.2) is 0 Å². The van der Waals surface area contributed by atoms with Crippen molar-refractivity contribution in [2.45, 2.75) is 76.6 Å². The number of nitrogens with zero attached hydrogens (tertiary/aromatic N) is 1. The second-order valence-corrected chi connectivity index (χ2v) is 13.0. The topological polar surface area (TPSA) is 114 Å². The van der Waals surface area contributed by atoms with Crippen molar-refractivity contribution < 1.29 is 19.1 Å². The van der Waals surface area contributed by atoms with Crippen LogP contribution in [-0.4, -0.2) is 59.4 Å². The summed E-state index contributed by atoms with van der Waals surface area (Å²) < 4.78 is 5.96. The van der Waals surface area contributed by atoms with Crippen molar-refractivity contribution >= 4 is 23.3 Å². The third-order valence-electron chi connectivity index (χ3n) is 9.07. The number of amides is 3. The lowest BCUT2D eigenvalue weighted by atomic mass is 9.76. The maximum atomic E-state index is 14.2. The first kappa shape index (κ1) is 33.1. The highest BCUT2D eigenvalue weighted by Crippen LogP contribution is 2.43. The minimum Gasteiger partial charge on any atom is -0.374 e. The van der Waals surface area contributed by atoms with Gasteiger partial charge in [0, 0.05) is 18.7 Å². The van der Waals surface area contributed by atoms with E-state index in [1.165, 1.54) is 0 Å². The Morgan fingerprint density at radius 1 is 0.913 bits per heavy atom. The number of carbonyl (C=O) groups is 3. The first-order chi connectivity index (χ1) is 22.1. The van der Waals surface area contributed by atoms with E-state index in [-0.39, 0.29) is 25.0 Å². The maximum absolute atomic E-state index is 14.2. The summed E-state index contributed by atoms with van der Waals surface area (Å²) in [5, 5.41) is 6.20. The Labute approximate surface area is 272 Å². The second-order valence-electron chi connectivity index (χ2n) is 13.0. The fourth-order valence-electron chi connectivity index (χ4n) is 6.45. The highest BCUT2D eigenvalue weighted by atomic mass is 16.5. The molecular weight excluding hydrogens is 576 g/mol. The molecular formula is C38H46N4O4. The normalized spacial score (nSPS) is 16.7. The Hall–Kier alpha value is -4.27. The highest BCUT2D eigenvalue weighted by Gasteiger charge is 2.46. The van der Waals surface area contributed by atoms with Gasteiger partial charge < -0.3 is 26.0 Å². The molecule has 8 nitrogen and oxygen atoms in total. The molecule has 8 heteroatoms. The van der Waals surface area contributed by atoms with Crippen LogP contribution >= 0.6 is 0 Å². The SMILES string of the molecule is CCN(CC1=C(c2ccc(-c3ccccc3)cc2)C(=O)NC12CCCCC2)C(=O)[C@@H](COCc1ccccc1)NC(=O)C(C)(C)N. The molecule has 3 aromatic rings. The molecule has 0 bridgehead atoms. The molecule has 242 valence electrons. The first-order valence-electron chi connectivity index (χ1n) is 16.3. The summed E-state index contributed by atoms with van der Waals surface area (Å²) in [6, 6.07) is 27.0. The standard InChI is InChI=1S/C38H46N4O4/c1-4-42(35(44)32(40-36(45)37(2,3)39)26-46-25-27-14-8-5-9-15-27)24-31-33(34(43)41-38(31)22-12-7-13-23-38)30-20-18-29(19-21-30)28-16-10-6-11-17-28/h5-6,8-11,14-21,32H,4,7,12-13,22-26,39H2,1-3H3,(H,40,45)(H,41,43)/t32-/m1/s1. The van der Waals surface area contributed by atoms with Crippen LogP contribution in [-0.2, 0) is 25.7 Å². The molecule has 0 aromatic heterocycles. The Morgan fingerprint density at radius 3 is 2.11 bits per heavy atom. The molecule has 2 aliphatic rings. The fourth-order valence-corrected chi connectivity index (χ4v) is 6.45. The number of likely N-dealkylation sites (N-methyl/N-ethyl adjacent to an activating group) is 1. The number of benzene rings is 3. The third kappa shape index (κ3) is 7.57. The number of ether oxygens (including phenoxy) is 1. The van der Waals surface area contributed by atoms with Gasteiger partial charge in [-0.05, 0) is 61.4 Å². The number of rotatable bonds is 12. The van der Waals surface area contributed by atoms with E-state index in [0.717, 1.165) is 59.9 Å². The van der Waals surface area contributed by atoms with Gasteiger partial charge in [0.15, 0.2) is 0 Å². The van der Waals surface area contributed by atoms with Gasteiger partial charge in [0.25, 0.3) is 5.91 Å². The predicted molar refractivity (Wildman–Crippen MR) is 181 cm³/mol. The van der Waals surface area contributed by atoms with Crippen molar-refractivity contribution in [3.05, 3.63) is 102 Å². The molecule has 3 amide bonds. The smallest absolute Gasteiger partial charge is 0.252 e. The van der Waals surface area contributed by atoms with Crippen LogP contribution in [0.25, 0.3) is 16.7 Å². The number of nitrogens with two attached hydrogens (primary N) is 1. The molecule has 5 rings (SSSR count). The molecule has 0 radical (unpaired) electrons. The van der Waals surface area contributed by atoms with E-state index in [1.54, 1.807) is 18.7 Å². The lowest BCUT2D eigenvalue weighted by Gasteiger charge is -2.38. The molecule has 1 heterocycles. The summed E-state index contributed by atoms with van der Waals surface area (Å²) >= 11 is 0. The van der Waals surface area contributed by atoms with Crippen LogP contribution in [0.1, 0.15) is 64.0 Å². The van der Waals surface area contributed by atoms with Crippen molar-refractivity contribution in [1.29, 1.82) is 0 Å². The fraction of sp³-hybridized carbons (Fsp3) is 0.395. The molecule has 0 saturated heterocycles. The van der Waals surface area contributed by atoms with Gasteiger partial charge in [-0.3, -0.25) is 14.4 Å². The van der Waals surface area contributed by atoms with Gasteiger partial charge >= 0.3 is 0 Å². The summed E-state index contributed by atoms with van der Waals surface area (Å²) in [5.41, 5.74) is 9.97. The van der Waals surface area contributed by atoms with Crippen molar-refractivity contribution in [3.63, 3.8) is 0 Å². The second kappa shape index (κ2) is 14.4. The van der Waals surface area contributed by atoms with Crippen LogP contribution in [0.2, 0.25) is 0 Å². The van der Waals surface area contributed by atoms with E-state index in [4.69, 9.17) is 10.5 Å². The van der Waals surface area contributed by atoms with Crippen molar-refractivity contribution in [3.8, 4) is 11.1 Å². The molecule has 1 aliphatic heterocycles. The molecule has 1 atom stereocenters. The summed E-state index contributed by atoms with van der Waals surface area (Å²) in [7, 11) is 0. The Balaban J connectivity index is 1.45. The van der Waals surface area contributed by atoms with Crippen LogP contribution in [0.5, 0.6) is 0 Å².